The molecule has 27 heavy (non-hydrogen) atoms. The zero-order valence-electron chi connectivity index (χ0n) is 15.1. The molecular weight excluding hydrogens is 366 g/mol. The number of methoxy groups -OCH3 is 1. The summed E-state index contributed by atoms with van der Waals surface area (Å²) in [6.45, 7) is 0.266. The van der Waals surface area contributed by atoms with Gasteiger partial charge in [-0.2, -0.15) is 0 Å². The normalized spacial score (nSPS) is 11.5. The van der Waals surface area contributed by atoms with E-state index < -0.39 is 10.0 Å². The number of nitrogens with zero attached hydrogens (tertiary/aromatic N) is 1. The molecule has 0 aliphatic carbocycles. The third-order valence-corrected chi connectivity index (χ3v) is 5.69. The standard InChI is InChI=1S/C19H21N3O4S/c1-22-13-17(16-5-3-4-6-18(16)22)19(23)20-11-12-21-27(24,25)15-9-7-14(26-2)8-10-15/h3-10,13,21H,11-12H2,1-2H3,(H,20,23). The van der Waals surface area contributed by atoms with Crippen LogP contribution in [0.1, 0.15) is 10.4 Å². The molecule has 0 fully saturated rings. The number of ether oxygens (including phenoxy) is 1. The highest BCUT2D eigenvalue weighted by Crippen LogP contribution is 2.20. The van der Waals surface area contributed by atoms with Crippen LogP contribution in [0, 0.1) is 0 Å². The molecule has 1 heterocycles. The average molecular weight is 387 g/mol. The topological polar surface area (TPSA) is 89.4 Å². The van der Waals surface area contributed by atoms with Gasteiger partial charge in [0.2, 0.25) is 10.0 Å². The average Bonchev–Trinajstić information content (AvgIpc) is 3.02. The molecule has 0 spiro atoms. The fraction of sp³-hybridized carbons (Fsp3) is 0.211. The quantitative estimate of drug-likeness (QED) is 0.606. The van der Waals surface area contributed by atoms with Gasteiger partial charge in [-0.15, -0.1) is 0 Å². The maximum Gasteiger partial charge on any atom is 0.253 e. The number of rotatable bonds is 7. The summed E-state index contributed by atoms with van der Waals surface area (Å²) < 4.78 is 33.9. The van der Waals surface area contributed by atoms with Gasteiger partial charge in [-0.1, -0.05) is 18.2 Å². The third-order valence-electron chi connectivity index (χ3n) is 4.21. The van der Waals surface area contributed by atoms with E-state index >= 15 is 0 Å². The van der Waals surface area contributed by atoms with Crippen molar-refractivity contribution in [2.45, 2.75) is 4.90 Å². The zero-order valence-corrected chi connectivity index (χ0v) is 15.9. The molecule has 2 N–H and O–H groups in total. The molecular formula is C19H21N3O4S. The Balaban J connectivity index is 1.58. The number of aryl methyl sites for hydroxylation is 1. The first kappa shape index (κ1) is 18.9. The van der Waals surface area contributed by atoms with E-state index in [1.165, 1.54) is 19.2 Å². The summed E-state index contributed by atoms with van der Waals surface area (Å²) in [5.74, 6) is 0.340. The number of carbonyl (C=O) groups excluding carboxylic acids is 1. The molecule has 142 valence electrons. The van der Waals surface area contributed by atoms with E-state index in [4.69, 9.17) is 4.74 Å². The van der Waals surface area contributed by atoms with E-state index in [2.05, 4.69) is 10.0 Å². The number of aromatic nitrogens is 1. The lowest BCUT2D eigenvalue weighted by molar-refractivity contribution is 0.0956. The number of fused-ring (bicyclic) bond motifs is 1. The van der Waals surface area contributed by atoms with Gasteiger partial charge < -0.3 is 14.6 Å². The van der Waals surface area contributed by atoms with Crippen molar-refractivity contribution >= 4 is 26.8 Å². The molecule has 0 saturated carbocycles. The van der Waals surface area contributed by atoms with Gasteiger partial charge in [0.05, 0.1) is 17.6 Å². The van der Waals surface area contributed by atoms with Gasteiger partial charge in [0.25, 0.3) is 5.91 Å². The molecule has 0 saturated heterocycles. The molecule has 0 aliphatic rings. The molecule has 3 rings (SSSR count). The molecule has 0 aliphatic heterocycles. The maximum atomic E-state index is 12.4. The lowest BCUT2D eigenvalue weighted by Crippen LogP contribution is -2.34. The Hall–Kier alpha value is -2.84. The van der Waals surface area contributed by atoms with E-state index in [9.17, 15) is 13.2 Å². The van der Waals surface area contributed by atoms with Gasteiger partial charge in [0.15, 0.2) is 0 Å². The predicted molar refractivity (Wildman–Crippen MR) is 103 cm³/mol. The fourth-order valence-electron chi connectivity index (χ4n) is 2.82. The smallest absolute Gasteiger partial charge is 0.253 e. The Morgan fingerprint density at radius 2 is 1.78 bits per heavy atom. The SMILES string of the molecule is COc1ccc(S(=O)(=O)NCCNC(=O)c2cn(C)c3ccccc23)cc1. The third kappa shape index (κ3) is 4.12. The largest absolute Gasteiger partial charge is 0.497 e. The van der Waals surface area contributed by atoms with Crippen molar-refractivity contribution in [3.05, 3.63) is 60.3 Å². The number of hydrogen-bond donors (Lipinski definition) is 2. The number of amides is 1. The van der Waals surface area contributed by atoms with Gasteiger partial charge in [0, 0.05) is 37.2 Å². The summed E-state index contributed by atoms with van der Waals surface area (Å²) >= 11 is 0. The number of hydrogen-bond acceptors (Lipinski definition) is 4. The molecule has 7 nitrogen and oxygen atoms in total. The molecule has 0 atom stereocenters. The van der Waals surface area contributed by atoms with Crippen molar-refractivity contribution in [3.63, 3.8) is 0 Å². The van der Waals surface area contributed by atoms with Crippen molar-refractivity contribution in [3.8, 4) is 5.75 Å². The van der Waals surface area contributed by atoms with E-state index in [-0.39, 0.29) is 23.9 Å². The molecule has 8 heteroatoms. The van der Waals surface area contributed by atoms with Crippen molar-refractivity contribution in [2.24, 2.45) is 7.05 Å². The van der Waals surface area contributed by atoms with Crippen LogP contribution in [-0.2, 0) is 17.1 Å². The van der Waals surface area contributed by atoms with Gasteiger partial charge >= 0.3 is 0 Å². The second kappa shape index (κ2) is 7.81. The van der Waals surface area contributed by atoms with Crippen LogP contribution < -0.4 is 14.8 Å². The minimum Gasteiger partial charge on any atom is -0.497 e. The van der Waals surface area contributed by atoms with Crippen LogP contribution in [0.4, 0.5) is 0 Å². The Labute approximate surface area is 158 Å². The van der Waals surface area contributed by atoms with Crippen LogP contribution in [0.5, 0.6) is 5.75 Å². The van der Waals surface area contributed by atoms with Crippen LogP contribution in [0.15, 0.2) is 59.6 Å². The predicted octanol–water partition coefficient (Wildman–Crippen LogP) is 1.90. The molecule has 1 aromatic heterocycles. The van der Waals surface area contributed by atoms with Crippen molar-refractivity contribution in [1.29, 1.82) is 0 Å². The monoisotopic (exact) mass is 387 g/mol. The molecule has 2 aromatic carbocycles. The number of para-hydroxylation sites is 1. The summed E-state index contributed by atoms with van der Waals surface area (Å²) in [6.07, 6.45) is 1.77. The Kier molecular flexibility index (Phi) is 5.48. The molecule has 0 radical (unpaired) electrons. The van der Waals surface area contributed by atoms with Gasteiger partial charge in [-0.3, -0.25) is 4.79 Å². The fourth-order valence-corrected chi connectivity index (χ4v) is 3.85. The zero-order chi connectivity index (χ0) is 19.4. The molecule has 3 aromatic rings. The number of benzene rings is 2. The summed E-state index contributed by atoms with van der Waals surface area (Å²) in [6, 6.07) is 13.7. The van der Waals surface area contributed by atoms with Crippen LogP contribution in [0.25, 0.3) is 10.9 Å². The van der Waals surface area contributed by atoms with Crippen LogP contribution in [0.2, 0.25) is 0 Å². The second-order valence-corrected chi connectivity index (χ2v) is 7.77. The van der Waals surface area contributed by atoms with Crippen molar-refractivity contribution in [1.82, 2.24) is 14.6 Å². The molecule has 0 bridgehead atoms. The minimum absolute atomic E-state index is 0.0882. The number of sulfonamides is 1. The summed E-state index contributed by atoms with van der Waals surface area (Å²) in [4.78, 5) is 12.6. The van der Waals surface area contributed by atoms with Crippen molar-refractivity contribution in [2.75, 3.05) is 20.2 Å². The van der Waals surface area contributed by atoms with E-state index in [1.807, 2.05) is 35.9 Å². The van der Waals surface area contributed by atoms with Crippen LogP contribution >= 0.6 is 0 Å². The summed E-state index contributed by atoms with van der Waals surface area (Å²) in [5.41, 5.74) is 1.52. The molecule has 0 unspecified atom stereocenters. The van der Waals surface area contributed by atoms with Crippen LogP contribution in [-0.4, -0.2) is 39.1 Å². The Bertz CT molecular complexity index is 1060. The molecule has 1 amide bonds. The lowest BCUT2D eigenvalue weighted by atomic mass is 10.1. The van der Waals surface area contributed by atoms with Crippen molar-refractivity contribution < 1.29 is 17.9 Å². The number of nitrogens with one attached hydrogen (secondary N) is 2. The lowest BCUT2D eigenvalue weighted by Gasteiger charge is -2.08. The van der Waals surface area contributed by atoms with Gasteiger partial charge in [0.1, 0.15) is 5.75 Å². The van der Waals surface area contributed by atoms with E-state index in [0.717, 1.165) is 10.9 Å². The first-order valence-corrected chi connectivity index (χ1v) is 9.86. The second-order valence-electron chi connectivity index (χ2n) is 6.00. The van der Waals surface area contributed by atoms with Gasteiger partial charge in [-0.25, -0.2) is 13.1 Å². The maximum absolute atomic E-state index is 12.4. The Morgan fingerprint density at radius 1 is 1.07 bits per heavy atom. The Morgan fingerprint density at radius 3 is 2.48 bits per heavy atom. The summed E-state index contributed by atoms with van der Waals surface area (Å²) in [5, 5.41) is 3.61. The highest BCUT2D eigenvalue weighted by atomic mass is 32.2. The summed E-state index contributed by atoms with van der Waals surface area (Å²) in [7, 11) is -0.248. The van der Waals surface area contributed by atoms with Gasteiger partial charge in [-0.05, 0) is 30.3 Å². The number of carbonyl (C=O) groups is 1. The first-order valence-electron chi connectivity index (χ1n) is 8.38. The highest BCUT2D eigenvalue weighted by molar-refractivity contribution is 7.89. The van der Waals surface area contributed by atoms with E-state index in [0.29, 0.717) is 11.3 Å². The highest BCUT2D eigenvalue weighted by Gasteiger charge is 2.15. The van der Waals surface area contributed by atoms with E-state index in [1.54, 1.807) is 18.3 Å². The van der Waals surface area contributed by atoms with Crippen LogP contribution in [0.3, 0.4) is 0 Å². The first-order chi connectivity index (χ1) is 12.9. The minimum atomic E-state index is -3.64.